The van der Waals surface area contributed by atoms with Gasteiger partial charge in [-0.05, 0) is 12.8 Å². The molecule has 1 aromatic heterocycles. The number of halogens is 3. The Balaban J connectivity index is 2.15. The predicted molar refractivity (Wildman–Crippen MR) is 63.0 cm³/mol. The number of hydrogen-bond acceptors (Lipinski definition) is 4. The second kappa shape index (κ2) is 5.87. The third kappa shape index (κ3) is 3.90. The lowest BCUT2D eigenvalue weighted by Gasteiger charge is -2.34. The molecule has 1 saturated heterocycles. The van der Waals surface area contributed by atoms with Crippen LogP contribution in [-0.2, 0) is 4.74 Å². The van der Waals surface area contributed by atoms with Crippen LogP contribution in [0.4, 0.5) is 13.2 Å². The van der Waals surface area contributed by atoms with Crippen molar-refractivity contribution in [3.63, 3.8) is 0 Å². The molecule has 0 saturated carbocycles. The van der Waals surface area contributed by atoms with Crippen molar-refractivity contribution in [2.75, 3.05) is 19.8 Å². The maximum atomic E-state index is 12.6. The zero-order valence-electron chi connectivity index (χ0n) is 10.0. The van der Waals surface area contributed by atoms with Gasteiger partial charge in [0.15, 0.2) is 0 Å². The number of amides is 1. The molecule has 0 aromatic carbocycles. The number of hydrogen-bond donors (Lipinski definition) is 0. The Morgan fingerprint density at radius 3 is 2.89 bits per heavy atom. The first-order valence-electron chi connectivity index (χ1n) is 5.81. The number of carbonyl (C=O) groups is 1. The lowest BCUT2D eigenvalue weighted by Crippen LogP contribution is -2.49. The zero-order chi connectivity index (χ0) is 13.9. The highest BCUT2D eigenvalue weighted by Gasteiger charge is 2.38. The fourth-order valence-corrected chi connectivity index (χ4v) is 2.52. The lowest BCUT2D eigenvalue weighted by molar-refractivity contribution is -0.148. The SMILES string of the molecule is O=C(c1cscn1)N(CC(F)(F)F)[C@H]1CCCOC1. The Morgan fingerprint density at radius 2 is 2.37 bits per heavy atom. The Labute approximate surface area is 112 Å². The standard InChI is InChI=1S/C11H13F3N2O2S/c12-11(13,14)6-16(8-2-1-3-18-4-8)10(17)9-5-19-7-15-9/h5,7-8H,1-4,6H2/t8-/m0/s1. The van der Waals surface area contributed by atoms with Crippen molar-refractivity contribution < 1.29 is 22.7 Å². The van der Waals surface area contributed by atoms with E-state index in [0.29, 0.717) is 19.4 Å². The van der Waals surface area contributed by atoms with Crippen molar-refractivity contribution in [3.8, 4) is 0 Å². The van der Waals surface area contributed by atoms with Gasteiger partial charge in [-0.25, -0.2) is 4.98 Å². The van der Waals surface area contributed by atoms with E-state index in [4.69, 9.17) is 4.74 Å². The summed E-state index contributed by atoms with van der Waals surface area (Å²) in [5, 5.41) is 1.45. The molecule has 19 heavy (non-hydrogen) atoms. The first-order valence-corrected chi connectivity index (χ1v) is 6.75. The molecule has 0 N–H and O–H groups in total. The van der Waals surface area contributed by atoms with Gasteiger partial charge in [0.2, 0.25) is 0 Å². The summed E-state index contributed by atoms with van der Waals surface area (Å²) in [4.78, 5) is 16.7. The number of rotatable bonds is 3. The largest absolute Gasteiger partial charge is 0.406 e. The van der Waals surface area contributed by atoms with Gasteiger partial charge in [0.25, 0.3) is 5.91 Å². The van der Waals surface area contributed by atoms with Crippen LogP contribution >= 0.6 is 11.3 Å². The van der Waals surface area contributed by atoms with Gasteiger partial charge < -0.3 is 9.64 Å². The molecule has 2 heterocycles. The van der Waals surface area contributed by atoms with Crippen LogP contribution in [0.25, 0.3) is 0 Å². The summed E-state index contributed by atoms with van der Waals surface area (Å²) in [5.74, 6) is -0.686. The molecule has 0 aliphatic carbocycles. The molecule has 1 fully saturated rings. The quantitative estimate of drug-likeness (QED) is 0.859. The van der Waals surface area contributed by atoms with E-state index in [2.05, 4.69) is 4.98 Å². The van der Waals surface area contributed by atoms with E-state index in [0.717, 1.165) is 4.90 Å². The predicted octanol–water partition coefficient (Wildman–Crippen LogP) is 2.33. The molecule has 0 unspecified atom stereocenters. The normalized spacial score (nSPS) is 20.3. The van der Waals surface area contributed by atoms with Crippen LogP contribution in [0.1, 0.15) is 23.3 Å². The summed E-state index contributed by atoms with van der Waals surface area (Å²) >= 11 is 1.18. The fraction of sp³-hybridized carbons (Fsp3) is 0.636. The minimum absolute atomic E-state index is 0.0554. The van der Waals surface area contributed by atoms with Crippen LogP contribution in [0.2, 0.25) is 0 Å². The molecule has 106 valence electrons. The summed E-state index contributed by atoms with van der Waals surface area (Å²) in [6.07, 6.45) is -3.25. The highest BCUT2D eigenvalue weighted by atomic mass is 32.1. The van der Waals surface area contributed by atoms with Gasteiger partial charge in [0.05, 0.1) is 18.2 Å². The number of ether oxygens (including phenoxy) is 1. The Bertz CT molecular complexity index is 416. The van der Waals surface area contributed by atoms with Gasteiger partial charge in [-0.2, -0.15) is 13.2 Å². The van der Waals surface area contributed by atoms with E-state index < -0.39 is 24.7 Å². The molecule has 8 heteroatoms. The number of aromatic nitrogens is 1. The molecule has 2 rings (SSSR count). The zero-order valence-corrected chi connectivity index (χ0v) is 10.8. The number of carbonyl (C=O) groups excluding carboxylic acids is 1. The summed E-state index contributed by atoms with van der Waals surface area (Å²) < 4.78 is 43.0. The average Bonchev–Trinajstić information content (AvgIpc) is 2.89. The van der Waals surface area contributed by atoms with Crippen molar-refractivity contribution in [2.45, 2.75) is 25.1 Å². The van der Waals surface area contributed by atoms with Gasteiger partial charge >= 0.3 is 6.18 Å². The molecular weight excluding hydrogens is 281 g/mol. The van der Waals surface area contributed by atoms with Crippen molar-refractivity contribution >= 4 is 17.2 Å². The van der Waals surface area contributed by atoms with Crippen LogP contribution in [-0.4, -0.2) is 47.8 Å². The Hall–Kier alpha value is -1.15. The molecule has 1 aliphatic heterocycles. The maximum Gasteiger partial charge on any atom is 0.406 e. The van der Waals surface area contributed by atoms with Crippen LogP contribution < -0.4 is 0 Å². The van der Waals surface area contributed by atoms with Crippen molar-refractivity contribution in [2.24, 2.45) is 0 Å². The smallest absolute Gasteiger partial charge is 0.379 e. The van der Waals surface area contributed by atoms with Crippen LogP contribution in [0, 0.1) is 0 Å². The van der Waals surface area contributed by atoms with Crippen molar-refractivity contribution in [1.82, 2.24) is 9.88 Å². The molecule has 0 radical (unpaired) electrons. The van der Waals surface area contributed by atoms with E-state index in [1.165, 1.54) is 22.2 Å². The van der Waals surface area contributed by atoms with Gasteiger partial charge in [-0.15, -0.1) is 11.3 Å². The van der Waals surface area contributed by atoms with E-state index in [-0.39, 0.29) is 12.3 Å². The minimum Gasteiger partial charge on any atom is -0.379 e. The van der Waals surface area contributed by atoms with Crippen LogP contribution in [0.3, 0.4) is 0 Å². The number of thiazole rings is 1. The molecule has 4 nitrogen and oxygen atoms in total. The van der Waals surface area contributed by atoms with E-state index in [1.54, 1.807) is 0 Å². The first-order chi connectivity index (χ1) is 8.97. The Kier molecular flexibility index (Phi) is 4.41. The van der Waals surface area contributed by atoms with E-state index in [9.17, 15) is 18.0 Å². The summed E-state index contributed by atoms with van der Waals surface area (Å²) in [7, 11) is 0. The van der Waals surface area contributed by atoms with Crippen molar-refractivity contribution in [1.29, 1.82) is 0 Å². The fourth-order valence-electron chi connectivity index (χ4n) is 1.99. The van der Waals surface area contributed by atoms with Gasteiger partial charge in [0, 0.05) is 12.0 Å². The van der Waals surface area contributed by atoms with Gasteiger partial charge in [-0.3, -0.25) is 4.79 Å². The Morgan fingerprint density at radius 1 is 1.58 bits per heavy atom. The monoisotopic (exact) mass is 294 g/mol. The third-order valence-corrected chi connectivity index (χ3v) is 3.43. The molecule has 0 bridgehead atoms. The number of nitrogens with zero attached hydrogens (tertiary/aromatic N) is 2. The highest BCUT2D eigenvalue weighted by molar-refractivity contribution is 7.07. The van der Waals surface area contributed by atoms with Gasteiger partial charge in [-0.1, -0.05) is 0 Å². The number of alkyl halides is 3. The molecule has 1 aromatic rings. The van der Waals surface area contributed by atoms with Crippen molar-refractivity contribution in [3.05, 3.63) is 16.6 Å². The molecule has 1 amide bonds. The maximum absolute atomic E-state index is 12.6. The minimum atomic E-state index is -4.43. The van der Waals surface area contributed by atoms with Crippen LogP contribution in [0.15, 0.2) is 10.9 Å². The molecular formula is C11H13F3N2O2S. The molecule has 1 atom stereocenters. The van der Waals surface area contributed by atoms with Gasteiger partial charge in [0.1, 0.15) is 12.2 Å². The summed E-state index contributed by atoms with van der Waals surface area (Å²) in [5.41, 5.74) is 1.48. The third-order valence-electron chi connectivity index (χ3n) is 2.84. The van der Waals surface area contributed by atoms with E-state index >= 15 is 0 Å². The lowest BCUT2D eigenvalue weighted by atomic mass is 10.1. The molecule has 1 aliphatic rings. The molecule has 0 spiro atoms. The first kappa shape index (κ1) is 14.3. The second-order valence-electron chi connectivity index (χ2n) is 4.29. The summed E-state index contributed by atoms with van der Waals surface area (Å²) in [6.45, 7) is -0.593. The van der Waals surface area contributed by atoms with E-state index in [1.807, 2.05) is 0 Å². The highest BCUT2D eigenvalue weighted by Crippen LogP contribution is 2.23. The van der Waals surface area contributed by atoms with Crippen LogP contribution in [0.5, 0.6) is 0 Å². The topological polar surface area (TPSA) is 42.4 Å². The second-order valence-corrected chi connectivity index (χ2v) is 5.01. The average molecular weight is 294 g/mol. The summed E-state index contributed by atoms with van der Waals surface area (Å²) in [6, 6.07) is -0.537.